The minimum absolute atomic E-state index is 0.0144. The Balaban J connectivity index is 2.38. The predicted octanol–water partition coefficient (Wildman–Crippen LogP) is 3.52. The van der Waals surface area contributed by atoms with Crippen LogP contribution in [0.25, 0.3) is 0 Å². The molecule has 0 spiro atoms. The molecule has 0 aliphatic heterocycles. The van der Waals surface area contributed by atoms with Crippen molar-refractivity contribution in [1.82, 2.24) is 5.32 Å². The third-order valence-electron chi connectivity index (χ3n) is 2.63. The van der Waals surface area contributed by atoms with Crippen molar-refractivity contribution in [1.29, 1.82) is 0 Å². The lowest BCUT2D eigenvalue weighted by Gasteiger charge is -2.15. The van der Waals surface area contributed by atoms with Crippen LogP contribution in [0.15, 0.2) is 40.2 Å². The number of thiophene rings is 1. The van der Waals surface area contributed by atoms with Gasteiger partial charge in [0.15, 0.2) is 0 Å². The smallest absolute Gasteiger partial charge is 0.335 e. The second kappa shape index (κ2) is 5.65. The fraction of sp³-hybridized carbons (Fsp3) is 0.154. The van der Waals surface area contributed by atoms with Crippen LogP contribution in [0.5, 0.6) is 0 Å². The number of carboxylic acid groups (broad SMARTS) is 1. The summed E-state index contributed by atoms with van der Waals surface area (Å²) < 4.78 is 1.04. The van der Waals surface area contributed by atoms with Crippen LogP contribution in [0, 0.1) is 0 Å². The van der Waals surface area contributed by atoms with E-state index in [-0.39, 0.29) is 6.04 Å². The molecule has 0 fully saturated rings. The van der Waals surface area contributed by atoms with Crippen molar-refractivity contribution in [2.75, 3.05) is 7.05 Å². The normalized spacial score (nSPS) is 12.3. The Morgan fingerprint density at radius 2 is 2.22 bits per heavy atom. The highest BCUT2D eigenvalue weighted by atomic mass is 79.9. The maximum Gasteiger partial charge on any atom is 0.335 e. The van der Waals surface area contributed by atoms with Crippen molar-refractivity contribution in [3.8, 4) is 0 Å². The molecule has 0 aliphatic rings. The number of hydrogen-bond donors (Lipinski definition) is 2. The molecule has 1 heterocycles. The molecule has 2 rings (SSSR count). The SMILES string of the molecule is CNC(c1cccc(C(=O)O)c1)c1cc(Br)cs1. The molecular weight excluding hydrogens is 314 g/mol. The van der Waals surface area contributed by atoms with Crippen molar-refractivity contribution >= 4 is 33.2 Å². The second-order valence-corrected chi connectivity index (χ2v) is 5.68. The second-order valence-electron chi connectivity index (χ2n) is 3.82. The maximum absolute atomic E-state index is 11.0. The van der Waals surface area contributed by atoms with E-state index in [4.69, 9.17) is 5.11 Å². The third-order valence-corrected chi connectivity index (χ3v) is 4.39. The number of nitrogens with one attached hydrogen (secondary N) is 1. The number of halogens is 1. The largest absolute Gasteiger partial charge is 0.478 e. The first kappa shape index (κ1) is 13.3. The van der Waals surface area contributed by atoms with Gasteiger partial charge in [0, 0.05) is 14.7 Å². The van der Waals surface area contributed by atoms with Gasteiger partial charge >= 0.3 is 5.97 Å². The molecule has 0 radical (unpaired) electrons. The highest BCUT2D eigenvalue weighted by Gasteiger charge is 2.15. The first-order valence-corrected chi connectivity index (χ1v) is 7.03. The maximum atomic E-state index is 11.0. The number of benzene rings is 1. The number of aromatic carboxylic acids is 1. The molecule has 0 bridgehead atoms. The summed E-state index contributed by atoms with van der Waals surface area (Å²) in [5.41, 5.74) is 1.26. The molecule has 0 aliphatic carbocycles. The van der Waals surface area contributed by atoms with E-state index in [1.165, 1.54) is 0 Å². The molecule has 0 saturated heterocycles. The Kier molecular flexibility index (Phi) is 4.16. The van der Waals surface area contributed by atoms with Gasteiger partial charge in [-0.15, -0.1) is 11.3 Å². The van der Waals surface area contributed by atoms with Gasteiger partial charge in [-0.1, -0.05) is 12.1 Å². The highest BCUT2D eigenvalue weighted by Crippen LogP contribution is 2.30. The van der Waals surface area contributed by atoms with Crippen LogP contribution in [0.4, 0.5) is 0 Å². The van der Waals surface area contributed by atoms with Crippen molar-refractivity contribution in [3.63, 3.8) is 0 Å². The van der Waals surface area contributed by atoms with Gasteiger partial charge in [0.05, 0.1) is 11.6 Å². The Labute approximate surface area is 118 Å². The van der Waals surface area contributed by atoms with Crippen LogP contribution in [0.2, 0.25) is 0 Å². The van der Waals surface area contributed by atoms with E-state index in [0.717, 1.165) is 14.9 Å². The molecule has 0 saturated carbocycles. The lowest BCUT2D eigenvalue weighted by molar-refractivity contribution is 0.0696. The van der Waals surface area contributed by atoms with Gasteiger partial charge in [0.2, 0.25) is 0 Å². The number of rotatable bonds is 4. The summed E-state index contributed by atoms with van der Waals surface area (Å²) in [6.07, 6.45) is 0. The van der Waals surface area contributed by atoms with Gasteiger partial charge in [-0.25, -0.2) is 4.79 Å². The molecule has 5 heteroatoms. The van der Waals surface area contributed by atoms with Crippen LogP contribution in [-0.2, 0) is 0 Å². The fourth-order valence-electron chi connectivity index (χ4n) is 1.80. The van der Waals surface area contributed by atoms with Crippen molar-refractivity contribution in [2.45, 2.75) is 6.04 Å². The molecule has 0 amide bonds. The summed E-state index contributed by atoms with van der Waals surface area (Å²) in [4.78, 5) is 12.1. The summed E-state index contributed by atoms with van der Waals surface area (Å²) in [5, 5.41) is 14.2. The van der Waals surface area contributed by atoms with Crippen LogP contribution in [-0.4, -0.2) is 18.1 Å². The monoisotopic (exact) mass is 325 g/mol. The lowest BCUT2D eigenvalue weighted by atomic mass is 10.0. The van der Waals surface area contributed by atoms with Gasteiger partial charge in [0.25, 0.3) is 0 Å². The van der Waals surface area contributed by atoms with Crippen LogP contribution >= 0.6 is 27.3 Å². The summed E-state index contributed by atoms with van der Waals surface area (Å²) in [7, 11) is 1.87. The average molecular weight is 326 g/mol. The zero-order valence-corrected chi connectivity index (χ0v) is 12.1. The van der Waals surface area contributed by atoms with Crippen molar-refractivity contribution in [2.24, 2.45) is 0 Å². The molecule has 3 nitrogen and oxygen atoms in total. The number of carbonyl (C=O) groups is 1. The Hall–Kier alpha value is -1.17. The van der Waals surface area contributed by atoms with E-state index in [0.29, 0.717) is 5.56 Å². The van der Waals surface area contributed by atoms with Crippen LogP contribution < -0.4 is 5.32 Å². The minimum atomic E-state index is -0.904. The van der Waals surface area contributed by atoms with Gasteiger partial charge in [-0.2, -0.15) is 0 Å². The van der Waals surface area contributed by atoms with Gasteiger partial charge in [-0.05, 0) is 46.7 Å². The van der Waals surface area contributed by atoms with Gasteiger partial charge in [-0.3, -0.25) is 0 Å². The average Bonchev–Trinajstić information content (AvgIpc) is 2.77. The van der Waals surface area contributed by atoms with Crippen molar-refractivity contribution < 1.29 is 9.90 Å². The molecular formula is C13H12BrNO2S. The van der Waals surface area contributed by atoms with E-state index in [1.54, 1.807) is 29.5 Å². The molecule has 1 aromatic carbocycles. The van der Waals surface area contributed by atoms with Gasteiger partial charge in [0.1, 0.15) is 0 Å². The third kappa shape index (κ3) is 2.80. The standard InChI is InChI=1S/C13H12BrNO2S/c1-15-12(11-6-10(14)7-18-11)8-3-2-4-9(5-8)13(16)17/h2-7,12,15H,1H3,(H,16,17). The van der Waals surface area contributed by atoms with Crippen LogP contribution in [0.1, 0.15) is 26.8 Å². The molecule has 94 valence electrons. The quantitative estimate of drug-likeness (QED) is 0.904. The molecule has 1 aromatic heterocycles. The molecule has 1 unspecified atom stereocenters. The van der Waals surface area contributed by atoms with E-state index in [1.807, 2.05) is 24.6 Å². The van der Waals surface area contributed by atoms with E-state index in [9.17, 15) is 4.79 Å². The fourth-order valence-corrected chi connectivity index (χ4v) is 3.38. The Morgan fingerprint density at radius 3 is 2.78 bits per heavy atom. The summed E-state index contributed by atoms with van der Waals surface area (Å²) >= 11 is 5.06. The molecule has 2 aromatic rings. The Morgan fingerprint density at radius 1 is 1.44 bits per heavy atom. The number of hydrogen-bond acceptors (Lipinski definition) is 3. The summed E-state index contributed by atoms with van der Waals surface area (Å²) in [6.45, 7) is 0. The topological polar surface area (TPSA) is 49.3 Å². The van der Waals surface area contributed by atoms with Crippen LogP contribution in [0.3, 0.4) is 0 Å². The zero-order chi connectivity index (χ0) is 13.1. The molecule has 18 heavy (non-hydrogen) atoms. The summed E-state index contributed by atoms with van der Waals surface area (Å²) in [5.74, 6) is -0.904. The first-order valence-electron chi connectivity index (χ1n) is 5.36. The van der Waals surface area contributed by atoms with E-state index >= 15 is 0 Å². The number of carboxylic acids is 1. The lowest BCUT2D eigenvalue weighted by Crippen LogP contribution is -2.16. The van der Waals surface area contributed by atoms with Gasteiger partial charge < -0.3 is 10.4 Å². The highest BCUT2D eigenvalue weighted by molar-refractivity contribution is 9.10. The van der Waals surface area contributed by atoms with Crippen molar-refractivity contribution in [3.05, 3.63) is 56.2 Å². The van der Waals surface area contributed by atoms with E-state index < -0.39 is 5.97 Å². The zero-order valence-electron chi connectivity index (χ0n) is 9.68. The first-order chi connectivity index (χ1) is 8.61. The minimum Gasteiger partial charge on any atom is -0.478 e. The Bertz CT molecular complexity index is 568. The summed E-state index contributed by atoms with van der Waals surface area (Å²) in [6, 6.07) is 9.06. The molecule has 1 atom stereocenters. The predicted molar refractivity (Wildman–Crippen MR) is 76.3 cm³/mol. The molecule has 2 N–H and O–H groups in total. The van der Waals surface area contributed by atoms with E-state index in [2.05, 4.69) is 21.2 Å².